The van der Waals surface area contributed by atoms with E-state index in [-0.39, 0.29) is 0 Å². The lowest BCUT2D eigenvalue weighted by molar-refractivity contribution is -0.617. The monoisotopic (exact) mass is 573 g/mol. The predicted molar refractivity (Wildman–Crippen MR) is 185 cm³/mol. The number of aromatic nitrogens is 2. The van der Waals surface area contributed by atoms with Crippen molar-refractivity contribution >= 4 is 49.3 Å². The van der Waals surface area contributed by atoms with Crippen LogP contribution in [-0.2, 0) is 7.05 Å². The number of rotatable bonds is 4. The van der Waals surface area contributed by atoms with E-state index in [1.165, 1.54) is 77.3 Å². The Morgan fingerprint density at radius 3 is 2.14 bits per heavy atom. The van der Waals surface area contributed by atoms with Crippen molar-refractivity contribution in [2.75, 3.05) is 0 Å². The van der Waals surface area contributed by atoms with Gasteiger partial charge in [-0.3, -0.25) is 0 Å². The van der Waals surface area contributed by atoms with Gasteiger partial charge in [0.1, 0.15) is 11.1 Å². The van der Waals surface area contributed by atoms with Crippen LogP contribution in [-0.4, -0.2) is 4.40 Å². The first-order valence-electron chi connectivity index (χ1n) is 15.7. The van der Waals surface area contributed by atoms with Crippen LogP contribution in [0.1, 0.15) is 56.2 Å². The van der Waals surface area contributed by atoms with Crippen molar-refractivity contribution in [2.45, 2.75) is 46.5 Å². The Hall–Kier alpha value is -4.89. The second-order valence-electron chi connectivity index (χ2n) is 12.9. The van der Waals surface area contributed by atoms with E-state index in [4.69, 9.17) is 4.42 Å². The van der Waals surface area contributed by atoms with E-state index in [1.54, 1.807) is 0 Å². The minimum atomic E-state index is 0.372. The molecule has 0 aliphatic rings. The van der Waals surface area contributed by atoms with Crippen LogP contribution in [0.3, 0.4) is 0 Å². The molecule has 0 aliphatic carbocycles. The number of nitrogens with zero attached hydrogens (tertiary/aromatic N) is 2. The summed E-state index contributed by atoms with van der Waals surface area (Å²) >= 11 is 0. The molecule has 216 valence electrons. The molecule has 0 amide bonds. The highest BCUT2D eigenvalue weighted by Crippen LogP contribution is 2.42. The van der Waals surface area contributed by atoms with Crippen LogP contribution in [0.2, 0.25) is 0 Å². The number of pyridine rings is 1. The summed E-state index contributed by atoms with van der Waals surface area (Å²) < 4.78 is 10.8. The predicted octanol–water partition coefficient (Wildman–Crippen LogP) is 10.9. The fourth-order valence-electron chi connectivity index (χ4n) is 7.42. The summed E-state index contributed by atoms with van der Waals surface area (Å²) in [6.07, 6.45) is 1.81. The van der Waals surface area contributed by atoms with Crippen molar-refractivity contribution in [1.29, 1.82) is 0 Å². The van der Waals surface area contributed by atoms with Gasteiger partial charge in [-0.1, -0.05) is 94.4 Å². The lowest BCUT2D eigenvalue weighted by atomic mass is 9.82. The molecule has 3 nitrogen and oxygen atoms in total. The number of furan rings is 1. The van der Waals surface area contributed by atoms with Crippen molar-refractivity contribution in [3.05, 3.63) is 120 Å². The van der Waals surface area contributed by atoms with E-state index in [9.17, 15) is 0 Å². The van der Waals surface area contributed by atoms with Crippen LogP contribution in [0, 0.1) is 6.92 Å². The largest absolute Gasteiger partial charge is 0.464 e. The molecule has 3 heterocycles. The molecule has 0 fully saturated rings. The average molecular weight is 574 g/mol. The highest BCUT2D eigenvalue weighted by atomic mass is 16.3. The molecule has 0 aliphatic heterocycles. The van der Waals surface area contributed by atoms with Gasteiger partial charge in [0.2, 0.25) is 0 Å². The number of fused-ring (bicyclic) bond motifs is 10. The normalized spacial score (nSPS) is 12.3. The molecular weight excluding hydrogens is 536 g/mol. The lowest BCUT2D eigenvalue weighted by Gasteiger charge is -2.22. The standard InChI is InChI=1S/C41H37N2O/c1-24(2)33-21-29(27-12-8-7-9-13-27)22-34(25(3)4)39(33)28-15-16-30-31-14-10-11-26(5)38(31)41-42(6)35-17-18-37-32(19-20-44-37)40(35)43(41)36(30)23-28/h7-25H,1-6H3/q+1. The smallest absolute Gasteiger partial charge is 0.295 e. The van der Waals surface area contributed by atoms with Crippen LogP contribution < -0.4 is 4.57 Å². The van der Waals surface area contributed by atoms with E-state index in [1.807, 2.05) is 6.26 Å². The summed E-state index contributed by atoms with van der Waals surface area (Å²) in [5.74, 6) is 0.744. The third-order valence-corrected chi connectivity index (χ3v) is 9.56. The fourth-order valence-corrected chi connectivity index (χ4v) is 7.42. The topological polar surface area (TPSA) is 21.4 Å². The number of hydrogen-bond acceptors (Lipinski definition) is 1. The maximum atomic E-state index is 5.91. The van der Waals surface area contributed by atoms with Gasteiger partial charge in [0.25, 0.3) is 5.65 Å². The van der Waals surface area contributed by atoms with Crippen molar-refractivity contribution < 1.29 is 8.98 Å². The first-order valence-corrected chi connectivity index (χ1v) is 15.7. The van der Waals surface area contributed by atoms with Crippen molar-refractivity contribution in [3.63, 3.8) is 0 Å². The third-order valence-electron chi connectivity index (χ3n) is 9.56. The van der Waals surface area contributed by atoms with Gasteiger partial charge in [-0.15, -0.1) is 0 Å². The van der Waals surface area contributed by atoms with Crippen molar-refractivity contribution in [3.8, 4) is 22.3 Å². The van der Waals surface area contributed by atoms with E-state index < -0.39 is 0 Å². The Labute approximate surface area is 258 Å². The molecule has 0 saturated carbocycles. The molecule has 0 atom stereocenters. The molecule has 8 rings (SSSR count). The van der Waals surface area contributed by atoms with Crippen molar-refractivity contribution in [1.82, 2.24) is 4.40 Å². The SMILES string of the molecule is Cc1cccc2c3ccc(-c4c(C(C)C)cc(-c5ccccc5)cc4C(C)C)cc3n3c4c5ccoc5ccc4[n+](C)c3c12. The van der Waals surface area contributed by atoms with Crippen molar-refractivity contribution in [2.24, 2.45) is 7.05 Å². The zero-order valence-electron chi connectivity index (χ0n) is 26.3. The summed E-state index contributed by atoms with van der Waals surface area (Å²) in [7, 11) is 2.20. The zero-order valence-corrected chi connectivity index (χ0v) is 26.3. The minimum absolute atomic E-state index is 0.372. The molecular formula is C41H37N2O+. The van der Waals surface area contributed by atoms with Gasteiger partial charge in [0, 0.05) is 10.8 Å². The molecule has 0 unspecified atom stereocenters. The molecule has 44 heavy (non-hydrogen) atoms. The second kappa shape index (κ2) is 9.82. The first-order chi connectivity index (χ1) is 21.3. The summed E-state index contributed by atoms with van der Waals surface area (Å²) in [5.41, 5.74) is 15.0. The molecule has 8 aromatic rings. The summed E-state index contributed by atoms with van der Waals surface area (Å²) in [6.45, 7) is 11.5. The molecule has 0 saturated heterocycles. The molecule has 0 spiro atoms. The van der Waals surface area contributed by atoms with Crippen LogP contribution in [0.25, 0.3) is 71.6 Å². The molecule has 0 N–H and O–H groups in total. The number of imidazole rings is 1. The number of hydrogen-bond donors (Lipinski definition) is 0. The highest BCUT2D eigenvalue weighted by molar-refractivity contribution is 6.16. The lowest BCUT2D eigenvalue weighted by Crippen LogP contribution is -2.27. The number of benzene rings is 5. The van der Waals surface area contributed by atoms with Crippen LogP contribution in [0.15, 0.2) is 108 Å². The zero-order chi connectivity index (χ0) is 30.3. The van der Waals surface area contributed by atoms with Crippen LogP contribution in [0.5, 0.6) is 0 Å². The Bertz CT molecular complexity index is 2370. The van der Waals surface area contributed by atoms with Gasteiger partial charge < -0.3 is 4.42 Å². The maximum Gasteiger partial charge on any atom is 0.295 e. The fraction of sp³-hybridized carbons (Fsp3) is 0.195. The van der Waals surface area contributed by atoms with Crippen LogP contribution >= 0.6 is 0 Å². The van der Waals surface area contributed by atoms with E-state index in [0.717, 1.165) is 11.0 Å². The summed E-state index contributed by atoms with van der Waals surface area (Å²) in [6, 6.07) is 35.9. The number of aryl methyl sites for hydroxylation is 2. The first kappa shape index (κ1) is 26.7. The molecule has 3 heteroatoms. The highest BCUT2D eigenvalue weighted by Gasteiger charge is 2.27. The van der Waals surface area contributed by atoms with Crippen LogP contribution in [0.4, 0.5) is 0 Å². The summed E-state index contributed by atoms with van der Waals surface area (Å²) in [4.78, 5) is 0. The van der Waals surface area contributed by atoms with Gasteiger partial charge in [-0.05, 0) is 88.0 Å². The molecule has 0 bridgehead atoms. The Morgan fingerprint density at radius 2 is 1.41 bits per heavy atom. The minimum Gasteiger partial charge on any atom is -0.464 e. The van der Waals surface area contributed by atoms with E-state index in [2.05, 4.69) is 148 Å². The van der Waals surface area contributed by atoms with Gasteiger partial charge in [-0.2, -0.15) is 4.40 Å². The Balaban J connectivity index is 1.54. The van der Waals surface area contributed by atoms with Gasteiger partial charge in [-0.25, -0.2) is 4.57 Å². The summed E-state index contributed by atoms with van der Waals surface area (Å²) in [5, 5.41) is 4.97. The third kappa shape index (κ3) is 3.78. The van der Waals surface area contributed by atoms with E-state index in [0.29, 0.717) is 11.8 Å². The van der Waals surface area contributed by atoms with Gasteiger partial charge in [0.05, 0.1) is 24.1 Å². The average Bonchev–Trinajstić information content (AvgIpc) is 3.63. The molecule has 0 radical (unpaired) electrons. The van der Waals surface area contributed by atoms with Gasteiger partial charge >= 0.3 is 0 Å². The van der Waals surface area contributed by atoms with E-state index >= 15 is 0 Å². The quantitative estimate of drug-likeness (QED) is 0.152. The van der Waals surface area contributed by atoms with Gasteiger partial charge in [0.15, 0.2) is 11.0 Å². The maximum absolute atomic E-state index is 5.91. The molecule has 3 aromatic heterocycles. The Morgan fingerprint density at radius 1 is 0.659 bits per heavy atom. The molecule has 5 aromatic carbocycles. The Kier molecular flexibility index (Phi) is 5.96. The second-order valence-corrected chi connectivity index (χ2v) is 12.9.